The number of anilines is 1. The Morgan fingerprint density at radius 3 is 2.58 bits per heavy atom. The normalized spacial score (nSPS) is 11.4. The average Bonchev–Trinajstić information content (AvgIpc) is 2.91. The lowest BCUT2D eigenvalue weighted by molar-refractivity contribution is 0.578. The Bertz CT molecular complexity index is 608. The fraction of sp³-hybridized carbons (Fsp3) is 0.300. The maximum Gasteiger partial charge on any atom is 0.244 e. The van der Waals surface area contributed by atoms with E-state index in [1.807, 2.05) is 6.92 Å². The third-order valence-electron chi connectivity index (χ3n) is 2.26. The fourth-order valence-electron chi connectivity index (χ4n) is 1.35. The molecule has 0 unspecified atom stereocenters. The Labute approximate surface area is 110 Å². The van der Waals surface area contributed by atoms with Gasteiger partial charge in [-0.1, -0.05) is 0 Å². The van der Waals surface area contributed by atoms with Crippen molar-refractivity contribution < 1.29 is 8.42 Å². The third-order valence-corrected chi connectivity index (χ3v) is 3.61. The Morgan fingerprint density at radius 1 is 1.26 bits per heavy atom. The van der Waals surface area contributed by atoms with Crippen LogP contribution in [-0.2, 0) is 16.6 Å². The Hall–Kier alpha value is -2.00. The molecular formula is C10H14N6O2S. The molecular weight excluding hydrogens is 268 g/mol. The van der Waals surface area contributed by atoms with E-state index in [0.717, 1.165) is 0 Å². The van der Waals surface area contributed by atoms with Crippen molar-refractivity contribution in [2.75, 3.05) is 11.9 Å². The molecule has 0 aliphatic carbocycles. The van der Waals surface area contributed by atoms with Gasteiger partial charge in [0, 0.05) is 18.9 Å². The van der Waals surface area contributed by atoms with Gasteiger partial charge in [0.1, 0.15) is 10.7 Å². The summed E-state index contributed by atoms with van der Waals surface area (Å²) in [6.45, 7) is 2.66. The Morgan fingerprint density at radius 2 is 2.00 bits per heavy atom. The van der Waals surface area contributed by atoms with Crippen LogP contribution < -0.4 is 10.0 Å². The maximum absolute atomic E-state index is 11.9. The predicted octanol–water partition coefficient (Wildman–Crippen LogP) is 0.110. The van der Waals surface area contributed by atoms with Gasteiger partial charge in [-0.2, -0.15) is 0 Å². The van der Waals surface area contributed by atoms with Crippen LogP contribution in [0.25, 0.3) is 0 Å². The highest BCUT2D eigenvalue weighted by atomic mass is 32.2. The van der Waals surface area contributed by atoms with Crippen LogP contribution in [0.15, 0.2) is 29.7 Å². The lowest BCUT2D eigenvalue weighted by Crippen LogP contribution is -2.24. The first-order valence-corrected chi connectivity index (χ1v) is 7.14. The topological polar surface area (TPSA) is 113 Å². The van der Waals surface area contributed by atoms with Crippen molar-refractivity contribution in [3.05, 3.63) is 30.6 Å². The second-order valence-electron chi connectivity index (χ2n) is 3.63. The summed E-state index contributed by atoms with van der Waals surface area (Å²) in [6, 6.07) is 0. The largest absolute Gasteiger partial charge is 0.355 e. The number of aromatic amines is 1. The second kappa shape index (κ2) is 5.76. The van der Waals surface area contributed by atoms with Crippen molar-refractivity contribution in [2.24, 2.45) is 0 Å². The maximum atomic E-state index is 11.9. The number of rotatable bonds is 6. The molecule has 0 radical (unpaired) electrons. The lowest BCUT2D eigenvalue weighted by Gasteiger charge is -2.05. The molecule has 0 amide bonds. The number of hydrogen-bond acceptors (Lipinski definition) is 6. The monoisotopic (exact) mass is 282 g/mol. The van der Waals surface area contributed by atoms with Crippen molar-refractivity contribution in [2.45, 2.75) is 18.4 Å². The number of sulfonamides is 1. The van der Waals surface area contributed by atoms with E-state index in [1.54, 1.807) is 12.4 Å². The fourth-order valence-corrected chi connectivity index (χ4v) is 2.22. The van der Waals surface area contributed by atoms with E-state index in [0.29, 0.717) is 18.3 Å². The molecule has 0 aromatic carbocycles. The van der Waals surface area contributed by atoms with Crippen LogP contribution in [0.3, 0.4) is 0 Å². The first-order valence-electron chi connectivity index (χ1n) is 5.65. The number of H-pyrrole nitrogens is 1. The van der Waals surface area contributed by atoms with E-state index in [9.17, 15) is 8.42 Å². The van der Waals surface area contributed by atoms with Crippen LogP contribution in [-0.4, -0.2) is 34.9 Å². The molecule has 0 aliphatic heterocycles. The summed E-state index contributed by atoms with van der Waals surface area (Å²) in [6.07, 6.45) is 5.70. The molecule has 102 valence electrons. The van der Waals surface area contributed by atoms with E-state index in [1.165, 1.54) is 12.4 Å². The van der Waals surface area contributed by atoms with Gasteiger partial charge in [0.25, 0.3) is 0 Å². The summed E-state index contributed by atoms with van der Waals surface area (Å²) in [5.74, 6) is 0.932. The molecule has 8 nitrogen and oxygen atoms in total. The zero-order chi connectivity index (χ0) is 13.7. The molecule has 0 bridgehead atoms. The predicted molar refractivity (Wildman–Crippen MR) is 68.8 cm³/mol. The molecule has 9 heteroatoms. The quantitative estimate of drug-likeness (QED) is 0.693. The van der Waals surface area contributed by atoms with Crippen molar-refractivity contribution in [1.82, 2.24) is 24.7 Å². The van der Waals surface area contributed by atoms with Gasteiger partial charge in [-0.3, -0.25) is 0 Å². The van der Waals surface area contributed by atoms with Gasteiger partial charge >= 0.3 is 0 Å². The van der Waals surface area contributed by atoms with Crippen molar-refractivity contribution in [3.63, 3.8) is 0 Å². The van der Waals surface area contributed by atoms with Crippen LogP contribution in [0.5, 0.6) is 0 Å². The van der Waals surface area contributed by atoms with Crippen LogP contribution in [0.1, 0.15) is 12.7 Å². The first kappa shape index (κ1) is 13.4. The molecule has 0 spiro atoms. The van der Waals surface area contributed by atoms with E-state index < -0.39 is 10.0 Å². The number of aromatic nitrogens is 4. The Kier molecular flexibility index (Phi) is 4.07. The van der Waals surface area contributed by atoms with Crippen LogP contribution in [0.4, 0.5) is 5.95 Å². The van der Waals surface area contributed by atoms with Gasteiger partial charge in [0.2, 0.25) is 16.0 Å². The van der Waals surface area contributed by atoms with Crippen molar-refractivity contribution in [1.29, 1.82) is 0 Å². The molecule has 0 atom stereocenters. The summed E-state index contributed by atoms with van der Waals surface area (Å²) >= 11 is 0. The lowest BCUT2D eigenvalue weighted by atomic mass is 10.6. The van der Waals surface area contributed by atoms with Gasteiger partial charge in [0.05, 0.1) is 18.9 Å². The van der Waals surface area contributed by atoms with Gasteiger partial charge in [-0.25, -0.2) is 28.1 Å². The van der Waals surface area contributed by atoms with Crippen LogP contribution in [0, 0.1) is 0 Å². The van der Waals surface area contributed by atoms with E-state index in [4.69, 9.17) is 0 Å². The van der Waals surface area contributed by atoms with E-state index in [-0.39, 0.29) is 11.4 Å². The SMILES string of the molecule is CCNc1ncc(S(=O)(=O)NCc2ncc[nH]2)cn1. The van der Waals surface area contributed by atoms with Crippen molar-refractivity contribution >= 4 is 16.0 Å². The van der Waals surface area contributed by atoms with E-state index in [2.05, 4.69) is 30.0 Å². The molecule has 2 aromatic rings. The molecule has 0 aliphatic rings. The summed E-state index contributed by atoms with van der Waals surface area (Å²) in [4.78, 5) is 14.6. The number of imidazole rings is 1. The summed E-state index contributed by atoms with van der Waals surface area (Å²) in [5, 5.41) is 2.89. The minimum absolute atomic E-state index is 0.0145. The molecule has 0 saturated carbocycles. The molecule has 3 N–H and O–H groups in total. The smallest absolute Gasteiger partial charge is 0.244 e. The highest BCUT2D eigenvalue weighted by Gasteiger charge is 2.15. The second-order valence-corrected chi connectivity index (χ2v) is 5.40. The molecule has 2 aromatic heterocycles. The third kappa shape index (κ3) is 3.48. The summed E-state index contributed by atoms with van der Waals surface area (Å²) < 4.78 is 26.3. The standard InChI is InChI=1S/C10H14N6O2S/c1-2-11-10-14-5-8(6-15-10)19(17,18)16-7-9-12-3-4-13-9/h3-6,16H,2,7H2,1H3,(H,12,13)(H,11,14,15). The van der Waals surface area contributed by atoms with Gasteiger partial charge < -0.3 is 10.3 Å². The van der Waals surface area contributed by atoms with Gasteiger partial charge in [-0.05, 0) is 6.92 Å². The number of nitrogens with zero attached hydrogens (tertiary/aromatic N) is 3. The van der Waals surface area contributed by atoms with Gasteiger partial charge in [-0.15, -0.1) is 0 Å². The molecule has 0 saturated heterocycles. The summed E-state index contributed by atoms with van der Waals surface area (Å²) in [7, 11) is -3.63. The highest BCUT2D eigenvalue weighted by Crippen LogP contribution is 2.07. The minimum atomic E-state index is -3.63. The van der Waals surface area contributed by atoms with Crippen LogP contribution >= 0.6 is 0 Å². The average molecular weight is 282 g/mol. The highest BCUT2D eigenvalue weighted by molar-refractivity contribution is 7.89. The number of nitrogens with one attached hydrogen (secondary N) is 3. The molecule has 2 heterocycles. The van der Waals surface area contributed by atoms with Crippen molar-refractivity contribution in [3.8, 4) is 0 Å². The molecule has 19 heavy (non-hydrogen) atoms. The van der Waals surface area contributed by atoms with E-state index >= 15 is 0 Å². The molecule has 2 rings (SSSR count). The minimum Gasteiger partial charge on any atom is -0.355 e. The Balaban J connectivity index is 2.06. The number of hydrogen-bond donors (Lipinski definition) is 3. The summed E-state index contributed by atoms with van der Waals surface area (Å²) in [5.41, 5.74) is 0. The first-order chi connectivity index (χ1) is 9.12. The van der Waals surface area contributed by atoms with Crippen LogP contribution in [0.2, 0.25) is 0 Å². The van der Waals surface area contributed by atoms with Gasteiger partial charge in [0.15, 0.2) is 0 Å². The zero-order valence-electron chi connectivity index (χ0n) is 10.3. The zero-order valence-corrected chi connectivity index (χ0v) is 11.1. The molecule has 0 fully saturated rings.